The van der Waals surface area contributed by atoms with E-state index in [-0.39, 0.29) is 0 Å². The van der Waals surface area contributed by atoms with E-state index in [1.165, 1.54) is 136 Å². The quantitative estimate of drug-likeness (QED) is 0.0161. The number of thiol groups is 2. The van der Waals surface area contributed by atoms with Crippen molar-refractivity contribution in [2.24, 2.45) is 0 Å². The zero-order chi connectivity index (χ0) is 57.4. The highest BCUT2D eigenvalue weighted by Gasteiger charge is 2.36. The molecule has 0 radical (unpaired) electrons. The SMILES string of the molecule is SCCCCCCCCCCN1C=CC(=C2C=CN(Cc3ccc(C[O+]=C4C=Cc5ccccc5C4=C4C(=[O+]Cc5ccc(C[n+]6ccc(-c7cc[n+](CCCCCCCCCCS)cc7)cc6)cc5)C=Cc5ccccc54)cc3)C=C2)C=C1. The molecule has 0 atom stereocenters. The van der Waals surface area contributed by atoms with Gasteiger partial charge in [-0.15, -0.1) is 0 Å². The summed E-state index contributed by atoms with van der Waals surface area (Å²) in [5, 5.41) is 0. The largest absolute Gasteiger partial charge is 0.354 e. The minimum Gasteiger partial charge on any atom is -0.354 e. The zero-order valence-electron chi connectivity index (χ0n) is 49.3. The highest BCUT2D eigenvalue weighted by Crippen LogP contribution is 2.38. The summed E-state index contributed by atoms with van der Waals surface area (Å²) in [7, 11) is 0. The van der Waals surface area contributed by atoms with Gasteiger partial charge in [-0.25, -0.2) is 18.0 Å². The number of benzene rings is 4. The number of aryl methyl sites for hydroxylation is 1. The third-order valence-corrected chi connectivity index (χ3v) is 17.1. The van der Waals surface area contributed by atoms with E-state index in [9.17, 15) is 0 Å². The van der Waals surface area contributed by atoms with Crippen LogP contribution in [0.25, 0.3) is 34.4 Å². The van der Waals surface area contributed by atoms with Gasteiger partial charge < -0.3 is 9.80 Å². The maximum atomic E-state index is 6.88. The number of pyridine rings is 2. The molecule has 2 aliphatic heterocycles. The fraction of sp³-hybridized carbons (Fsp3) is 0.316. The van der Waals surface area contributed by atoms with Crippen LogP contribution in [-0.4, -0.2) is 39.4 Å². The summed E-state index contributed by atoms with van der Waals surface area (Å²) in [5.74, 6) is 3.68. The lowest BCUT2D eigenvalue weighted by molar-refractivity contribution is -0.697. The van der Waals surface area contributed by atoms with Gasteiger partial charge in [0.05, 0.1) is 0 Å². The number of aromatic nitrogens is 2. The van der Waals surface area contributed by atoms with Crippen molar-refractivity contribution in [1.29, 1.82) is 0 Å². The molecule has 0 bridgehead atoms. The van der Waals surface area contributed by atoms with Crippen molar-refractivity contribution in [3.05, 3.63) is 263 Å². The molecule has 6 nitrogen and oxygen atoms in total. The summed E-state index contributed by atoms with van der Waals surface area (Å²) in [5.41, 5.74) is 16.3. The second-order valence-electron chi connectivity index (χ2n) is 22.8. The lowest BCUT2D eigenvalue weighted by atomic mass is 9.81. The van der Waals surface area contributed by atoms with Gasteiger partial charge >= 0.3 is 11.6 Å². The summed E-state index contributed by atoms with van der Waals surface area (Å²) in [6.07, 6.45) is 56.2. The summed E-state index contributed by atoms with van der Waals surface area (Å²) in [4.78, 5) is 4.57. The Balaban J connectivity index is 0.747. The molecule has 84 heavy (non-hydrogen) atoms. The Morgan fingerprint density at radius 2 is 0.762 bits per heavy atom. The predicted octanol–water partition coefficient (Wildman–Crippen LogP) is 17.1. The second-order valence-corrected chi connectivity index (χ2v) is 23.7. The average Bonchev–Trinajstić information content (AvgIpc) is 3.63. The molecule has 8 heteroatoms. The molecule has 4 heterocycles. The van der Waals surface area contributed by atoms with E-state index in [0.29, 0.717) is 13.2 Å². The van der Waals surface area contributed by atoms with Crippen molar-refractivity contribution in [1.82, 2.24) is 9.80 Å². The number of nitrogens with zero attached hydrogens (tertiary/aromatic N) is 4. The first kappa shape index (κ1) is 59.9. The van der Waals surface area contributed by atoms with Gasteiger partial charge in [0, 0.05) is 97.4 Å². The Morgan fingerprint density at radius 3 is 1.25 bits per heavy atom. The molecule has 0 fully saturated rings. The maximum Gasteiger partial charge on any atom is 0.352 e. The topological polar surface area (TPSA) is 36.8 Å². The lowest BCUT2D eigenvalue weighted by Crippen LogP contribution is -2.33. The van der Waals surface area contributed by atoms with E-state index in [0.717, 1.165) is 93.8 Å². The molecule has 2 aromatic heterocycles. The van der Waals surface area contributed by atoms with Gasteiger partial charge in [-0.1, -0.05) is 143 Å². The molecule has 10 rings (SSSR count). The van der Waals surface area contributed by atoms with E-state index in [1.807, 2.05) is 0 Å². The first-order chi connectivity index (χ1) is 41.6. The third kappa shape index (κ3) is 17.4. The van der Waals surface area contributed by atoms with Crippen LogP contribution >= 0.6 is 25.3 Å². The molecule has 430 valence electrons. The smallest absolute Gasteiger partial charge is 0.352 e. The number of unbranched alkanes of at least 4 members (excludes halogenated alkanes) is 14. The molecule has 0 N–H and O–H groups in total. The molecular weight excluding hydrogens is 1060 g/mol. The standard InChI is InChI=1S/C76H84N4O2S2/c83-55-19-11-7-3-1-5-9-17-45-77-47-37-65(38-48-77)67-41-51-79(52-42-67)57-61-25-29-63(30-26-61)59-81-73-35-33-69-21-13-15-23-71(69)75(73)76-72-24-16-14-22-70(72)34-36-74(76)82-60-64-31-27-62(28-32-64)58-80-53-43-68(44-54-80)66-39-49-78(50-40-66)46-18-10-6-2-4-8-12-20-56-84/h13-16,21-44,47-54H,1-12,17-20,45-46,55-60H2/q+2/p+2. The third-order valence-electron chi connectivity index (χ3n) is 16.5. The van der Waals surface area contributed by atoms with Crippen molar-refractivity contribution in [3.63, 3.8) is 0 Å². The molecule has 2 aliphatic carbocycles. The van der Waals surface area contributed by atoms with E-state index >= 15 is 0 Å². The van der Waals surface area contributed by atoms with Crippen LogP contribution < -0.4 is 9.13 Å². The number of carbonyl (C=O) groups excluding carboxylic acids is 2. The van der Waals surface area contributed by atoms with Crippen LogP contribution in [0.15, 0.2) is 219 Å². The molecular formula is C76H86N4O2S2+4. The van der Waals surface area contributed by atoms with Crippen LogP contribution in [0.3, 0.4) is 0 Å². The van der Waals surface area contributed by atoms with Gasteiger partial charge in [0.1, 0.15) is 17.7 Å². The number of ketones is 2. The van der Waals surface area contributed by atoms with Crippen LogP contribution in [0.2, 0.25) is 0 Å². The van der Waals surface area contributed by atoms with Gasteiger partial charge in [0.25, 0.3) is 13.2 Å². The van der Waals surface area contributed by atoms with E-state index in [2.05, 4.69) is 264 Å². The minimum atomic E-state index is 0.433. The molecule has 0 spiro atoms. The number of fused-ring (bicyclic) bond motifs is 2. The first-order valence-electron chi connectivity index (χ1n) is 31.2. The molecule has 0 saturated heterocycles. The van der Waals surface area contributed by atoms with Crippen molar-refractivity contribution < 1.29 is 18.0 Å². The van der Waals surface area contributed by atoms with Crippen molar-refractivity contribution >= 4 is 60.1 Å². The Bertz CT molecular complexity index is 3380. The molecule has 0 amide bonds. The summed E-state index contributed by atoms with van der Waals surface area (Å²) in [6, 6.07) is 43.8. The van der Waals surface area contributed by atoms with Gasteiger partial charge in [0.15, 0.2) is 31.3 Å². The van der Waals surface area contributed by atoms with Gasteiger partial charge in [0.2, 0.25) is 0 Å². The highest BCUT2D eigenvalue weighted by molar-refractivity contribution is 7.80. The molecule has 4 aromatic carbocycles. The number of rotatable bonds is 29. The second kappa shape index (κ2) is 32.1. The highest BCUT2D eigenvalue weighted by atomic mass is 32.1. The molecule has 6 aromatic rings. The molecule has 0 saturated carbocycles. The van der Waals surface area contributed by atoms with Crippen molar-refractivity contribution in [3.8, 4) is 11.1 Å². The van der Waals surface area contributed by atoms with Gasteiger partial charge in [-0.2, -0.15) is 25.3 Å². The Morgan fingerprint density at radius 1 is 0.357 bits per heavy atom. The monoisotopic (exact) mass is 1150 g/mol. The number of hydrogen-bond acceptors (Lipinski definition) is 4. The summed E-state index contributed by atoms with van der Waals surface area (Å²) < 4.78 is 18.3. The minimum absolute atomic E-state index is 0.433. The summed E-state index contributed by atoms with van der Waals surface area (Å²) in [6.45, 7) is 4.60. The predicted molar refractivity (Wildman–Crippen MR) is 357 cm³/mol. The molecule has 4 aliphatic rings. The van der Waals surface area contributed by atoms with E-state index in [4.69, 9.17) is 8.85 Å². The molecule has 0 unspecified atom stereocenters. The van der Waals surface area contributed by atoms with Crippen LogP contribution in [-0.2, 0) is 41.7 Å². The number of allylic oxidation sites excluding steroid dienone is 10. The normalized spacial score (nSPS) is 16.2. The van der Waals surface area contributed by atoms with Crippen molar-refractivity contribution in [2.45, 2.75) is 136 Å². The first-order valence-corrected chi connectivity index (χ1v) is 32.5. The summed E-state index contributed by atoms with van der Waals surface area (Å²) >= 11 is 8.66. The maximum absolute atomic E-state index is 6.88. The zero-order valence-corrected chi connectivity index (χ0v) is 51.0. The van der Waals surface area contributed by atoms with E-state index in [1.54, 1.807) is 0 Å². The Kier molecular flexibility index (Phi) is 22.9. The Hall–Kier alpha value is -7.26. The van der Waals surface area contributed by atoms with Crippen LogP contribution in [0.4, 0.5) is 0 Å². The van der Waals surface area contributed by atoms with Crippen LogP contribution in [0.1, 0.15) is 147 Å². The fourth-order valence-electron chi connectivity index (χ4n) is 11.5. The Labute approximate surface area is 512 Å². The number of hydrogen-bond donors (Lipinski definition) is 2. The average molecular weight is 1150 g/mol. The fourth-order valence-corrected chi connectivity index (χ4v) is 12.0. The van der Waals surface area contributed by atoms with Gasteiger partial charge in [-0.3, -0.25) is 0 Å². The van der Waals surface area contributed by atoms with E-state index < -0.39 is 0 Å². The van der Waals surface area contributed by atoms with Crippen molar-refractivity contribution in [2.75, 3.05) is 18.1 Å². The lowest BCUT2D eigenvalue weighted by Gasteiger charge is -2.22. The van der Waals surface area contributed by atoms with Crippen LogP contribution in [0.5, 0.6) is 0 Å². The van der Waals surface area contributed by atoms with Crippen LogP contribution in [0, 0.1) is 0 Å². The van der Waals surface area contributed by atoms with Gasteiger partial charge in [-0.05, 0) is 148 Å².